The van der Waals surface area contributed by atoms with Gasteiger partial charge in [-0.3, -0.25) is 4.89 Å². The minimum atomic E-state index is -4.04. The van der Waals surface area contributed by atoms with Gasteiger partial charge in [-0.05, 0) is 18.9 Å². The van der Waals surface area contributed by atoms with Crippen molar-refractivity contribution in [2.75, 3.05) is 0 Å². The molecule has 1 aliphatic heterocycles. The van der Waals surface area contributed by atoms with E-state index in [4.69, 9.17) is 5.11 Å². The molecule has 0 spiro atoms. The standard InChI is InChI=1S/C14H24O8S/c1-2-3-4-5-6-7-8-9-10-11-12-18-22-19-13(15)14-20-23(16,17)21-14/h11-12,15H,2-10H2,1H3/b12-11+. The van der Waals surface area contributed by atoms with E-state index in [1.165, 1.54) is 51.2 Å². The van der Waals surface area contributed by atoms with Crippen LogP contribution in [0, 0.1) is 0 Å². The van der Waals surface area contributed by atoms with Crippen LogP contribution in [0.25, 0.3) is 0 Å². The molecule has 1 heterocycles. The monoisotopic (exact) mass is 352 g/mol. The van der Waals surface area contributed by atoms with Crippen LogP contribution in [0.5, 0.6) is 0 Å². The van der Waals surface area contributed by atoms with Gasteiger partial charge in [-0.1, -0.05) is 51.9 Å². The quantitative estimate of drug-likeness (QED) is 0.231. The van der Waals surface area contributed by atoms with Crippen LogP contribution in [0.3, 0.4) is 0 Å². The zero-order chi connectivity index (χ0) is 17.0. The van der Waals surface area contributed by atoms with Crippen molar-refractivity contribution in [1.29, 1.82) is 0 Å². The van der Waals surface area contributed by atoms with E-state index in [0.717, 1.165) is 12.8 Å². The normalized spacial score (nSPS) is 15.6. The summed E-state index contributed by atoms with van der Waals surface area (Å²) in [6.07, 6.45) is 13.8. The van der Waals surface area contributed by atoms with Gasteiger partial charge in [0.1, 0.15) is 6.26 Å². The maximum absolute atomic E-state index is 10.5. The van der Waals surface area contributed by atoms with E-state index in [9.17, 15) is 8.42 Å². The van der Waals surface area contributed by atoms with Crippen molar-refractivity contribution in [3.05, 3.63) is 24.2 Å². The van der Waals surface area contributed by atoms with Gasteiger partial charge in [0.25, 0.3) is 0 Å². The van der Waals surface area contributed by atoms with Crippen LogP contribution >= 0.6 is 0 Å². The van der Waals surface area contributed by atoms with Crippen molar-refractivity contribution in [1.82, 2.24) is 0 Å². The summed E-state index contributed by atoms with van der Waals surface area (Å²) >= 11 is 0. The largest absolute Gasteiger partial charge is 0.506 e. The molecule has 0 aromatic rings. The molecular weight excluding hydrogens is 328 g/mol. The van der Waals surface area contributed by atoms with E-state index >= 15 is 0 Å². The molecule has 134 valence electrons. The van der Waals surface area contributed by atoms with Gasteiger partial charge in [0, 0.05) is 5.04 Å². The van der Waals surface area contributed by atoms with Crippen molar-refractivity contribution >= 4 is 10.4 Å². The van der Waals surface area contributed by atoms with E-state index in [0.29, 0.717) is 0 Å². The Bertz CT molecular complexity index is 469. The molecule has 1 N–H and O–H groups in total. The highest BCUT2D eigenvalue weighted by atomic mass is 32.3. The first-order valence-corrected chi connectivity index (χ1v) is 9.10. The predicted octanol–water partition coefficient (Wildman–Crippen LogP) is 3.89. The molecule has 0 atom stereocenters. The van der Waals surface area contributed by atoms with Gasteiger partial charge in [0.05, 0.1) is 0 Å². The summed E-state index contributed by atoms with van der Waals surface area (Å²) in [6.45, 7) is 2.21. The minimum Gasteiger partial charge on any atom is -0.474 e. The molecule has 0 amide bonds. The third kappa shape index (κ3) is 9.19. The van der Waals surface area contributed by atoms with E-state index in [-0.39, 0.29) is 0 Å². The fraction of sp³-hybridized carbons (Fsp3) is 0.714. The van der Waals surface area contributed by atoms with Gasteiger partial charge >= 0.3 is 22.3 Å². The van der Waals surface area contributed by atoms with Crippen LogP contribution < -0.4 is 0 Å². The second-order valence-electron chi connectivity index (χ2n) is 5.05. The van der Waals surface area contributed by atoms with Crippen molar-refractivity contribution in [2.24, 2.45) is 0 Å². The minimum absolute atomic E-state index is 0.712. The Kier molecular flexibility index (Phi) is 9.30. The first kappa shape index (κ1) is 19.4. The van der Waals surface area contributed by atoms with Crippen LogP contribution in [-0.2, 0) is 33.6 Å². The van der Waals surface area contributed by atoms with Gasteiger partial charge in [-0.25, -0.2) is 0 Å². The van der Waals surface area contributed by atoms with Gasteiger partial charge in [-0.2, -0.15) is 0 Å². The van der Waals surface area contributed by atoms with Crippen LogP contribution in [0.1, 0.15) is 64.7 Å². The molecule has 1 aliphatic rings. The van der Waals surface area contributed by atoms with Crippen LogP contribution in [0.4, 0.5) is 0 Å². The first-order chi connectivity index (χ1) is 11.0. The molecule has 0 unspecified atom stereocenters. The van der Waals surface area contributed by atoms with Crippen molar-refractivity contribution in [2.45, 2.75) is 64.7 Å². The highest BCUT2D eigenvalue weighted by molar-refractivity contribution is 7.83. The molecule has 0 saturated carbocycles. The number of aliphatic hydroxyl groups excluding tert-OH is 1. The number of rotatable bonds is 13. The average Bonchev–Trinajstić information content (AvgIpc) is 2.49. The first-order valence-electron chi connectivity index (χ1n) is 7.77. The second-order valence-corrected chi connectivity index (χ2v) is 6.20. The SMILES string of the molecule is CCCCCCCCCC/C=C/OOOC(O)=C1OS(=O)(=O)O1. The number of hydrogen-bond acceptors (Lipinski definition) is 8. The van der Waals surface area contributed by atoms with Crippen molar-refractivity contribution in [3.8, 4) is 0 Å². The lowest BCUT2D eigenvalue weighted by Gasteiger charge is -2.16. The Labute approximate surface area is 136 Å². The maximum atomic E-state index is 10.5. The maximum Gasteiger partial charge on any atom is 0.506 e. The van der Waals surface area contributed by atoms with Gasteiger partial charge in [0.15, 0.2) is 0 Å². The zero-order valence-corrected chi connectivity index (χ0v) is 14.0. The number of allylic oxidation sites excluding steroid dienone is 1. The molecule has 0 aromatic carbocycles. The third-order valence-corrected chi connectivity index (χ3v) is 3.77. The highest BCUT2D eigenvalue weighted by Crippen LogP contribution is 2.24. The van der Waals surface area contributed by atoms with Crippen molar-refractivity contribution in [3.63, 3.8) is 0 Å². The smallest absolute Gasteiger partial charge is 0.474 e. The lowest BCUT2D eigenvalue weighted by molar-refractivity contribution is -0.484. The fourth-order valence-electron chi connectivity index (χ4n) is 1.87. The Balaban J connectivity index is 1.89. The number of aliphatic hydroxyl groups is 1. The van der Waals surface area contributed by atoms with E-state index in [1.54, 1.807) is 6.08 Å². The lowest BCUT2D eigenvalue weighted by atomic mass is 10.1. The molecule has 0 bridgehead atoms. The zero-order valence-electron chi connectivity index (χ0n) is 13.2. The lowest BCUT2D eigenvalue weighted by Crippen LogP contribution is -2.24. The summed E-state index contributed by atoms with van der Waals surface area (Å²) in [7, 11) is -4.04. The number of unbranched alkanes of at least 4 members (excludes halogenated alkanes) is 8. The predicted molar refractivity (Wildman–Crippen MR) is 80.4 cm³/mol. The molecule has 23 heavy (non-hydrogen) atoms. The molecule has 1 rings (SSSR count). The number of hydrogen-bond donors (Lipinski definition) is 1. The van der Waals surface area contributed by atoms with Gasteiger partial charge in [0.2, 0.25) is 0 Å². The molecule has 1 fully saturated rings. The van der Waals surface area contributed by atoms with E-state index < -0.39 is 22.3 Å². The third-order valence-electron chi connectivity index (χ3n) is 3.06. The van der Waals surface area contributed by atoms with Gasteiger partial charge < -0.3 is 18.4 Å². The molecular formula is C14H24O8S. The Morgan fingerprint density at radius 1 is 1.09 bits per heavy atom. The second kappa shape index (κ2) is 11.0. The summed E-state index contributed by atoms with van der Waals surface area (Å²) in [6, 6.07) is 0. The Morgan fingerprint density at radius 2 is 1.70 bits per heavy atom. The summed E-state index contributed by atoms with van der Waals surface area (Å²) in [5.74, 6) is -1.70. The average molecular weight is 352 g/mol. The van der Waals surface area contributed by atoms with Crippen LogP contribution in [0.2, 0.25) is 0 Å². The molecule has 9 heteroatoms. The van der Waals surface area contributed by atoms with E-state index in [1.807, 2.05) is 0 Å². The summed E-state index contributed by atoms with van der Waals surface area (Å²) in [5, 5.41) is 13.2. The molecule has 0 aliphatic carbocycles. The van der Waals surface area contributed by atoms with E-state index in [2.05, 4.69) is 30.1 Å². The fourth-order valence-corrected chi connectivity index (χ4v) is 2.40. The highest BCUT2D eigenvalue weighted by Gasteiger charge is 2.37. The van der Waals surface area contributed by atoms with Crippen LogP contribution in [-0.4, -0.2) is 13.5 Å². The molecule has 8 nitrogen and oxygen atoms in total. The molecule has 1 saturated heterocycles. The summed E-state index contributed by atoms with van der Waals surface area (Å²) in [5.41, 5.74) is 0. The van der Waals surface area contributed by atoms with Crippen molar-refractivity contribution < 1.29 is 36.7 Å². The molecule has 0 radical (unpaired) electrons. The Hall–Kier alpha value is -1.61. The topological polar surface area (TPSA) is 101 Å². The summed E-state index contributed by atoms with van der Waals surface area (Å²) < 4.78 is 29.0. The van der Waals surface area contributed by atoms with Crippen LogP contribution in [0.15, 0.2) is 24.2 Å². The van der Waals surface area contributed by atoms with Gasteiger partial charge in [-0.15, -0.1) is 8.42 Å². The Morgan fingerprint density at radius 3 is 2.30 bits per heavy atom. The summed E-state index contributed by atoms with van der Waals surface area (Å²) in [4.78, 5) is 8.67. The molecule has 0 aromatic heterocycles.